The van der Waals surface area contributed by atoms with E-state index in [2.05, 4.69) is 32.2 Å². The number of nitrogens with one attached hydrogen (secondary N) is 1. The summed E-state index contributed by atoms with van der Waals surface area (Å²) < 4.78 is 0. The summed E-state index contributed by atoms with van der Waals surface area (Å²) in [5, 5.41) is 2.33. The Kier molecular flexibility index (Phi) is 8.03. The Morgan fingerprint density at radius 2 is 1.59 bits per heavy atom. The second-order valence-corrected chi connectivity index (χ2v) is 4.41. The van der Waals surface area contributed by atoms with Crippen LogP contribution in [0.4, 0.5) is 0 Å². The van der Waals surface area contributed by atoms with Gasteiger partial charge >= 0.3 is 0 Å². The summed E-state index contributed by atoms with van der Waals surface area (Å²) in [4.78, 5) is 22.2. The highest BCUT2D eigenvalue weighted by molar-refractivity contribution is 6.36. The van der Waals surface area contributed by atoms with Gasteiger partial charge in [-0.05, 0) is 40.0 Å². The Morgan fingerprint density at radius 3 is 2.12 bits per heavy atom. The molecular weight excluding hydrogens is 214 g/mol. The quantitative estimate of drug-likeness (QED) is 0.546. The highest BCUT2D eigenvalue weighted by Gasteiger charge is 2.09. The van der Waals surface area contributed by atoms with E-state index in [4.69, 9.17) is 0 Å². The molecule has 3 heteroatoms. The summed E-state index contributed by atoms with van der Waals surface area (Å²) in [6, 6.07) is 0. The number of carbonyl (C=O) groups is 2. The fraction of sp³-hybridized carbons (Fsp3) is 0.571. The van der Waals surface area contributed by atoms with Crippen molar-refractivity contribution in [2.75, 3.05) is 7.05 Å². The van der Waals surface area contributed by atoms with Gasteiger partial charge in [-0.15, -0.1) is 0 Å². The van der Waals surface area contributed by atoms with Crippen LogP contribution in [0.5, 0.6) is 0 Å². The van der Waals surface area contributed by atoms with Crippen LogP contribution < -0.4 is 5.32 Å². The Bertz CT molecular complexity index is 323. The van der Waals surface area contributed by atoms with E-state index in [1.807, 2.05) is 6.08 Å². The summed E-state index contributed by atoms with van der Waals surface area (Å²) in [6.07, 6.45) is 7.23. The Hall–Kier alpha value is -1.38. The van der Waals surface area contributed by atoms with Crippen molar-refractivity contribution in [3.05, 3.63) is 23.3 Å². The third-order valence-electron chi connectivity index (χ3n) is 2.44. The molecule has 0 saturated carbocycles. The van der Waals surface area contributed by atoms with Gasteiger partial charge in [0.2, 0.25) is 5.78 Å². The fourth-order valence-electron chi connectivity index (χ4n) is 1.39. The van der Waals surface area contributed by atoms with E-state index >= 15 is 0 Å². The third kappa shape index (κ3) is 8.43. The van der Waals surface area contributed by atoms with Gasteiger partial charge in [0, 0.05) is 13.5 Å². The van der Waals surface area contributed by atoms with Crippen molar-refractivity contribution in [2.45, 2.75) is 46.5 Å². The predicted octanol–water partition coefficient (Wildman–Crippen LogP) is 2.77. The second-order valence-electron chi connectivity index (χ2n) is 4.41. The smallest absolute Gasteiger partial charge is 0.287 e. The predicted molar refractivity (Wildman–Crippen MR) is 70.7 cm³/mol. The number of amides is 1. The van der Waals surface area contributed by atoms with Crippen molar-refractivity contribution in [3.8, 4) is 0 Å². The Balaban J connectivity index is 3.88. The number of likely N-dealkylation sites (N-methyl/N-ethyl adjacent to an activating group) is 1. The first-order chi connectivity index (χ1) is 7.97. The molecule has 0 atom stereocenters. The van der Waals surface area contributed by atoms with E-state index in [1.54, 1.807) is 0 Å². The normalized spacial score (nSPS) is 10.9. The molecule has 0 heterocycles. The van der Waals surface area contributed by atoms with Crippen LogP contribution in [0.25, 0.3) is 0 Å². The van der Waals surface area contributed by atoms with Gasteiger partial charge in [-0.3, -0.25) is 9.59 Å². The molecular formula is C14H23NO2. The molecule has 0 bridgehead atoms. The molecule has 0 radical (unpaired) electrons. The third-order valence-corrected chi connectivity index (χ3v) is 2.44. The average Bonchev–Trinajstić information content (AvgIpc) is 2.27. The molecule has 0 aromatic heterocycles. The van der Waals surface area contributed by atoms with Crippen LogP contribution in [-0.2, 0) is 9.59 Å². The first-order valence-electron chi connectivity index (χ1n) is 6.01. The van der Waals surface area contributed by atoms with Crippen LogP contribution in [0.3, 0.4) is 0 Å². The van der Waals surface area contributed by atoms with Gasteiger partial charge < -0.3 is 5.32 Å². The molecule has 96 valence electrons. The first kappa shape index (κ1) is 15.6. The highest BCUT2D eigenvalue weighted by atomic mass is 16.2. The molecule has 0 aliphatic rings. The zero-order valence-corrected chi connectivity index (χ0v) is 11.3. The zero-order valence-electron chi connectivity index (χ0n) is 11.3. The summed E-state index contributed by atoms with van der Waals surface area (Å²) in [7, 11) is 1.47. The molecule has 0 fully saturated rings. The van der Waals surface area contributed by atoms with Crippen molar-refractivity contribution in [1.82, 2.24) is 5.32 Å². The van der Waals surface area contributed by atoms with Crippen LogP contribution in [0.15, 0.2) is 23.3 Å². The van der Waals surface area contributed by atoms with Gasteiger partial charge in [-0.2, -0.15) is 0 Å². The monoisotopic (exact) mass is 237 g/mol. The van der Waals surface area contributed by atoms with Crippen molar-refractivity contribution >= 4 is 11.7 Å². The van der Waals surface area contributed by atoms with Crippen molar-refractivity contribution in [1.29, 1.82) is 0 Å². The van der Waals surface area contributed by atoms with E-state index in [1.165, 1.54) is 18.2 Å². The number of hydrogen-bond acceptors (Lipinski definition) is 2. The van der Waals surface area contributed by atoms with E-state index in [9.17, 15) is 9.59 Å². The lowest BCUT2D eigenvalue weighted by molar-refractivity contribution is -0.137. The van der Waals surface area contributed by atoms with Crippen LogP contribution in [0, 0.1) is 0 Å². The number of ketones is 1. The molecule has 0 spiro atoms. The van der Waals surface area contributed by atoms with Gasteiger partial charge in [-0.25, -0.2) is 0 Å². The van der Waals surface area contributed by atoms with Crippen molar-refractivity contribution in [3.63, 3.8) is 0 Å². The molecule has 0 rings (SSSR count). The molecule has 1 N–H and O–H groups in total. The lowest BCUT2D eigenvalue weighted by Crippen LogP contribution is -2.27. The fourth-order valence-corrected chi connectivity index (χ4v) is 1.39. The molecule has 0 aliphatic carbocycles. The van der Waals surface area contributed by atoms with Gasteiger partial charge in [0.1, 0.15) is 0 Å². The van der Waals surface area contributed by atoms with Crippen LogP contribution >= 0.6 is 0 Å². The Morgan fingerprint density at radius 1 is 1.00 bits per heavy atom. The summed E-state index contributed by atoms with van der Waals surface area (Å²) in [6.45, 7) is 6.23. The van der Waals surface area contributed by atoms with Crippen LogP contribution in [0.1, 0.15) is 46.5 Å². The lowest BCUT2D eigenvalue weighted by atomic mass is 10.1. The highest BCUT2D eigenvalue weighted by Crippen LogP contribution is 2.08. The Labute approximate surface area is 104 Å². The summed E-state index contributed by atoms with van der Waals surface area (Å²) >= 11 is 0. The van der Waals surface area contributed by atoms with Gasteiger partial charge in [-0.1, -0.05) is 23.3 Å². The zero-order chi connectivity index (χ0) is 13.3. The SMILES string of the molecule is CNC(=O)C(=O)CC/C=C(/C)CCC=C(C)C. The van der Waals surface area contributed by atoms with Gasteiger partial charge in [0.25, 0.3) is 5.91 Å². The molecule has 0 saturated heterocycles. The van der Waals surface area contributed by atoms with E-state index in [0.29, 0.717) is 12.8 Å². The summed E-state index contributed by atoms with van der Waals surface area (Å²) in [5.74, 6) is -0.846. The molecule has 0 aromatic carbocycles. The van der Waals surface area contributed by atoms with Gasteiger partial charge in [0.05, 0.1) is 0 Å². The molecule has 1 amide bonds. The lowest BCUT2D eigenvalue weighted by Gasteiger charge is -2.00. The molecule has 0 aromatic rings. The maximum absolute atomic E-state index is 11.2. The molecule has 3 nitrogen and oxygen atoms in total. The van der Waals surface area contributed by atoms with Crippen molar-refractivity contribution < 1.29 is 9.59 Å². The standard InChI is InChI=1S/C14H23NO2/c1-11(2)7-5-8-12(3)9-6-10-13(16)14(17)15-4/h7,9H,5-6,8,10H2,1-4H3,(H,15,17)/b12-9-. The number of carbonyl (C=O) groups excluding carboxylic acids is 2. The number of rotatable bonds is 7. The molecule has 0 unspecified atom stereocenters. The minimum Gasteiger partial charge on any atom is -0.353 e. The van der Waals surface area contributed by atoms with Crippen LogP contribution in [-0.4, -0.2) is 18.7 Å². The topological polar surface area (TPSA) is 46.2 Å². The first-order valence-corrected chi connectivity index (χ1v) is 6.01. The molecule has 0 aliphatic heterocycles. The van der Waals surface area contributed by atoms with E-state index in [0.717, 1.165) is 12.8 Å². The minimum absolute atomic E-state index is 0.291. The van der Waals surface area contributed by atoms with E-state index < -0.39 is 5.91 Å². The minimum atomic E-state index is -0.499. The number of Topliss-reactive ketones (excluding diaryl/α,β-unsaturated/α-hetero) is 1. The maximum Gasteiger partial charge on any atom is 0.287 e. The van der Waals surface area contributed by atoms with Gasteiger partial charge in [0.15, 0.2) is 0 Å². The van der Waals surface area contributed by atoms with Crippen molar-refractivity contribution in [2.24, 2.45) is 0 Å². The number of allylic oxidation sites excluding steroid dienone is 4. The van der Waals surface area contributed by atoms with E-state index in [-0.39, 0.29) is 5.78 Å². The molecule has 17 heavy (non-hydrogen) atoms. The largest absolute Gasteiger partial charge is 0.353 e. The second kappa shape index (κ2) is 8.74. The number of hydrogen-bond donors (Lipinski definition) is 1. The average molecular weight is 237 g/mol. The maximum atomic E-state index is 11.2. The summed E-state index contributed by atoms with van der Waals surface area (Å²) in [5.41, 5.74) is 2.60. The van der Waals surface area contributed by atoms with Crippen LogP contribution in [0.2, 0.25) is 0 Å².